The zero-order valence-electron chi connectivity index (χ0n) is 10.3. The Bertz CT molecular complexity index is 411. The molecule has 4 nitrogen and oxygen atoms in total. The van der Waals surface area contributed by atoms with Crippen LogP contribution in [0.5, 0.6) is 0 Å². The van der Waals surface area contributed by atoms with Gasteiger partial charge in [-0.3, -0.25) is 4.79 Å². The van der Waals surface area contributed by atoms with Crippen LogP contribution in [0.1, 0.15) is 29.8 Å². The van der Waals surface area contributed by atoms with Crippen LogP contribution < -0.4 is 5.32 Å². The van der Waals surface area contributed by atoms with Gasteiger partial charge in [-0.25, -0.2) is 0 Å². The Balaban J connectivity index is 2.15. The number of halogens is 2. The molecule has 2 N–H and O–H groups in total. The van der Waals surface area contributed by atoms with Gasteiger partial charge in [0, 0.05) is 19.1 Å². The number of hydrogen-bond donors (Lipinski definition) is 2. The lowest BCUT2D eigenvalue weighted by Gasteiger charge is -2.35. The maximum atomic E-state index is 12.4. The van der Waals surface area contributed by atoms with E-state index in [-0.39, 0.29) is 11.9 Å². The summed E-state index contributed by atoms with van der Waals surface area (Å²) in [4.78, 5) is 17.1. The molecule has 1 saturated heterocycles. The molecule has 0 aliphatic carbocycles. The maximum Gasteiger partial charge on any atom is 0.270 e. The quantitative estimate of drug-likeness (QED) is 0.898. The number of likely N-dealkylation sites (N-methyl/N-ethyl adjacent to an activating group) is 1. The second-order valence-electron chi connectivity index (χ2n) is 4.55. The molecule has 2 heterocycles. The van der Waals surface area contributed by atoms with Crippen molar-refractivity contribution in [3.05, 3.63) is 21.9 Å². The first-order valence-electron chi connectivity index (χ1n) is 6.13. The van der Waals surface area contributed by atoms with E-state index in [4.69, 9.17) is 23.2 Å². The van der Waals surface area contributed by atoms with Gasteiger partial charge < -0.3 is 15.2 Å². The summed E-state index contributed by atoms with van der Waals surface area (Å²) in [5.41, 5.74) is 0.466. The third-order valence-electron chi connectivity index (χ3n) is 3.28. The summed E-state index contributed by atoms with van der Waals surface area (Å²) in [6.45, 7) is 1.60. The smallest absolute Gasteiger partial charge is 0.270 e. The van der Waals surface area contributed by atoms with Crippen LogP contribution in [0.4, 0.5) is 0 Å². The van der Waals surface area contributed by atoms with Gasteiger partial charge in [0.1, 0.15) is 10.8 Å². The van der Waals surface area contributed by atoms with Gasteiger partial charge >= 0.3 is 0 Å². The summed E-state index contributed by atoms with van der Waals surface area (Å²) in [5.74, 6) is -0.0243. The minimum atomic E-state index is -0.0243. The van der Waals surface area contributed by atoms with Gasteiger partial charge in [0.2, 0.25) is 0 Å². The van der Waals surface area contributed by atoms with Crippen molar-refractivity contribution in [3.63, 3.8) is 0 Å². The molecule has 1 aromatic heterocycles. The monoisotopic (exact) mass is 289 g/mol. The highest BCUT2D eigenvalue weighted by atomic mass is 35.5. The van der Waals surface area contributed by atoms with Gasteiger partial charge in [0.05, 0.1) is 5.02 Å². The summed E-state index contributed by atoms with van der Waals surface area (Å²) < 4.78 is 0. The summed E-state index contributed by atoms with van der Waals surface area (Å²) in [5, 5.41) is 3.85. The fourth-order valence-electron chi connectivity index (χ4n) is 2.39. The summed E-state index contributed by atoms with van der Waals surface area (Å²) in [6, 6.07) is 1.84. The Kier molecular flexibility index (Phi) is 4.54. The van der Waals surface area contributed by atoms with Crippen molar-refractivity contribution in [1.29, 1.82) is 0 Å². The highest BCUT2D eigenvalue weighted by Gasteiger charge is 2.28. The van der Waals surface area contributed by atoms with E-state index >= 15 is 0 Å². The fourth-order valence-corrected chi connectivity index (χ4v) is 2.70. The molecule has 1 unspecified atom stereocenters. The van der Waals surface area contributed by atoms with Crippen molar-refractivity contribution >= 4 is 29.1 Å². The number of likely N-dealkylation sites (tertiary alicyclic amines) is 1. The summed E-state index contributed by atoms with van der Waals surface area (Å²) in [7, 11) is 1.90. The first-order valence-corrected chi connectivity index (χ1v) is 6.88. The predicted molar refractivity (Wildman–Crippen MR) is 73.4 cm³/mol. The average molecular weight is 290 g/mol. The average Bonchev–Trinajstić information content (AvgIpc) is 2.70. The second-order valence-corrected chi connectivity index (χ2v) is 5.34. The fraction of sp³-hybridized carbons (Fsp3) is 0.583. The topological polar surface area (TPSA) is 48.1 Å². The van der Waals surface area contributed by atoms with Crippen LogP contribution in [0.25, 0.3) is 0 Å². The van der Waals surface area contributed by atoms with Gasteiger partial charge in [0.25, 0.3) is 5.91 Å². The standard InChI is InChI=1S/C12H17Cl2N3O/c1-15-7-8-4-2-3-5-17(8)12(18)10-6-9(13)11(14)16-10/h6,8,15-16H,2-5,7H2,1H3. The van der Waals surface area contributed by atoms with Crippen LogP contribution in [0.3, 0.4) is 0 Å². The number of hydrogen-bond acceptors (Lipinski definition) is 2. The van der Waals surface area contributed by atoms with E-state index in [1.807, 2.05) is 11.9 Å². The first kappa shape index (κ1) is 13.7. The molecule has 0 spiro atoms. The third kappa shape index (κ3) is 2.82. The highest BCUT2D eigenvalue weighted by Crippen LogP contribution is 2.25. The van der Waals surface area contributed by atoms with E-state index in [9.17, 15) is 4.79 Å². The lowest BCUT2D eigenvalue weighted by molar-refractivity contribution is 0.0609. The second kappa shape index (κ2) is 5.95. The number of carbonyl (C=O) groups excluding carboxylic acids is 1. The SMILES string of the molecule is CNCC1CCCCN1C(=O)c1cc(Cl)c(Cl)[nH]1. The summed E-state index contributed by atoms with van der Waals surface area (Å²) >= 11 is 11.7. The lowest BCUT2D eigenvalue weighted by atomic mass is 10.0. The number of nitrogens with zero attached hydrogens (tertiary/aromatic N) is 1. The minimum Gasteiger partial charge on any atom is -0.340 e. The van der Waals surface area contributed by atoms with Crippen molar-refractivity contribution in [3.8, 4) is 0 Å². The molecule has 18 heavy (non-hydrogen) atoms. The van der Waals surface area contributed by atoms with Crippen molar-refractivity contribution in [2.75, 3.05) is 20.1 Å². The third-order valence-corrected chi connectivity index (χ3v) is 3.98. The Hall–Kier alpha value is -0.710. The Labute approximate surface area is 117 Å². The Morgan fingerprint density at radius 2 is 2.33 bits per heavy atom. The van der Waals surface area contributed by atoms with E-state index in [0.29, 0.717) is 15.9 Å². The molecule has 1 aromatic rings. The normalized spacial score (nSPS) is 20.2. The maximum absolute atomic E-state index is 12.4. The number of aromatic amines is 1. The van der Waals surface area contributed by atoms with Crippen molar-refractivity contribution in [2.45, 2.75) is 25.3 Å². The van der Waals surface area contributed by atoms with Gasteiger partial charge in [-0.15, -0.1) is 0 Å². The molecule has 1 atom stereocenters. The van der Waals surface area contributed by atoms with Crippen LogP contribution in [0, 0.1) is 0 Å². The molecule has 6 heteroatoms. The number of carbonyl (C=O) groups is 1. The highest BCUT2D eigenvalue weighted by molar-refractivity contribution is 6.41. The largest absolute Gasteiger partial charge is 0.340 e. The molecule has 1 aliphatic rings. The van der Waals surface area contributed by atoms with E-state index in [2.05, 4.69) is 10.3 Å². The number of nitrogens with one attached hydrogen (secondary N) is 2. The first-order chi connectivity index (χ1) is 8.63. The molecule has 0 saturated carbocycles. The van der Waals surface area contributed by atoms with Crippen molar-refractivity contribution < 1.29 is 4.79 Å². The minimum absolute atomic E-state index is 0.0243. The van der Waals surface area contributed by atoms with Crippen LogP contribution in [-0.2, 0) is 0 Å². The molecule has 0 aromatic carbocycles. The lowest BCUT2D eigenvalue weighted by Crippen LogP contribution is -2.48. The van der Waals surface area contributed by atoms with E-state index in [1.165, 1.54) is 6.42 Å². The molecular formula is C12H17Cl2N3O. The van der Waals surface area contributed by atoms with Crippen LogP contribution in [-0.4, -0.2) is 42.0 Å². The molecule has 1 fully saturated rings. The number of aromatic nitrogens is 1. The molecule has 100 valence electrons. The molecule has 2 rings (SSSR count). The molecule has 0 bridgehead atoms. The number of rotatable bonds is 3. The predicted octanol–water partition coefficient (Wildman–Crippen LogP) is 2.54. The van der Waals surface area contributed by atoms with Crippen molar-refractivity contribution in [2.24, 2.45) is 0 Å². The molecule has 0 radical (unpaired) electrons. The van der Waals surface area contributed by atoms with Crippen LogP contribution >= 0.6 is 23.2 Å². The van der Waals surface area contributed by atoms with E-state index in [0.717, 1.165) is 25.9 Å². The number of amides is 1. The Morgan fingerprint density at radius 1 is 1.56 bits per heavy atom. The summed E-state index contributed by atoms with van der Waals surface area (Å²) in [6.07, 6.45) is 3.26. The number of piperidine rings is 1. The van der Waals surface area contributed by atoms with E-state index in [1.54, 1.807) is 6.07 Å². The zero-order chi connectivity index (χ0) is 13.1. The zero-order valence-corrected chi connectivity index (χ0v) is 11.8. The van der Waals surface area contributed by atoms with Gasteiger partial charge in [-0.05, 0) is 32.4 Å². The van der Waals surface area contributed by atoms with Crippen LogP contribution in [0.15, 0.2) is 6.07 Å². The van der Waals surface area contributed by atoms with E-state index < -0.39 is 0 Å². The Morgan fingerprint density at radius 3 is 2.94 bits per heavy atom. The molecule has 1 amide bonds. The van der Waals surface area contributed by atoms with Crippen molar-refractivity contribution in [1.82, 2.24) is 15.2 Å². The number of H-pyrrole nitrogens is 1. The van der Waals surface area contributed by atoms with Crippen LogP contribution in [0.2, 0.25) is 10.2 Å². The molecule has 1 aliphatic heterocycles. The van der Waals surface area contributed by atoms with Gasteiger partial charge in [-0.1, -0.05) is 23.2 Å². The van der Waals surface area contributed by atoms with Gasteiger partial charge in [0.15, 0.2) is 0 Å². The molecular weight excluding hydrogens is 273 g/mol. The van der Waals surface area contributed by atoms with Gasteiger partial charge in [-0.2, -0.15) is 0 Å².